The average molecular weight is 314 g/mol. The van der Waals surface area contributed by atoms with Gasteiger partial charge in [-0.1, -0.05) is 11.6 Å². The summed E-state index contributed by atoms with van der Waals surface area (Å²) in [7, 11) is -2.49. The lowest BCUT2D eigenvalue weighted by Gasteiger charge is -2.13. The van der Waals surface area contributed by atoms with Crippen molar-refractivity contribution >= 4 is 27.6 Å². The lowest BCUT2D eigenvalue weighted by Crippen LogP contribution is -2.16. The van der Waals surface area contributed by atoms with E-state index in [1.54, 1.807) is 19.1 Å². The highest BCUT2D eigenvalue weighted by Gasteiger charge is 2.22. The van der Waals surface area contributed by atoms with Crippen molar-refractivity contribution < 1.29 is 13.2 Å². The Hall–Kier alpha value is -1.86. The Balaban J connectivity index is 2.49. The first-order valence-corrected chi connectivity index (χ1v) is 7.44. The molecule has 0 radical (unpaired) electrons. The van der Waals surface area contributed by atoms with Gasteiger partial charge >= 0.3 is 0 Å². The van der Waals surface area contributed by atoms with E-state index in [9.17, 15) is 8.42 Å². The molecule has 0 bridgehead atoms. The van der Waals surface area contributed by atoms with E-state index in [1.165, 1.54) is 25.6 Å². The third-order valence-corrected chi connectivity index (χ3v) is 4.04. The van der Waals surface area contributed by atoms with E-state index in [0.29, 0.717) is 10.6 Å². The first-order chi connectivity index (χ1) is 9.44. The second-order valence-electron chi connectivity index (χ2n) is 3.93. The van der Waals surface area contributed by atoms with E-state index < -0.39 is 10.0 Å². The third-order valence-electron chi connectivity index (χ3n) is 2.49. The van der Waals surface area contributed by atoms with Crippen LogP contribution in [0.3, 0.4) is 0 Å². The van der Waals surface area contributed by atoms with Gasteiger partial charge in [0.05, 0.1) is 7.11 Å². The number of methoxy groups -OCH3 is 1. The van der Waals surface area contributed by atoms with Crippen LogP contribution in [0, 0.1) is 6.92 Å². The molecule has 0 aliphatic heterocycles. The summed E-state index contributed by atoms with van der Waals surface area (Å²) >= 11 is 5.91. The first-order valence-electron chi connectivity index (χ1n) is 5.58. The summed E-state index contributed by atoms with van der Waals surface area (Å²) < 4.78 is 32.1. The standard InChI is InChI=1S/C12H12ClN3O3S/c1-8-6-9(13)7-10(11(8)19-2)20(17,18)16-12-14-4-3-5-15-12/h3-7H,1-2H3,(H,14,15,16). The molecule has 0 spiro atoms. The fraction of sp³-hybridized carbons (Fsp3) is 0.167. The van der Waals surface area contributed by atoms with Crippen LogP contribution >= 0.6 is 11.6 Å². The summed E-state index contributed by atoms with van der Waals surface area (Å²) in [4.78, 5) is 7.57. The Bertz CT molecular complexity index is 720. The summed E-state index contributed by atoms with van der Waals surface area (Å²) in [5, 5.41) is 0.303. The maximum atomic E-state index is 12.4. The van der Waals surface area contributed by atoms with Gasteiger partial charge in [0.1, 0.15) is 10.6 Å². The second kappa shape index (κ2) is 5.64. The van der Waals surface area contributed by atoms with Crippen molar-refractivity contribution in [1.82, 2.24) is 9.97 Å². The molecule has 6 nitrogen and oxygen atoms in total. The van der Waals surface area contributed by atoms with E-state index in [4.69, 9.17) is 16.3 Å². The molecule has 1 aromatic carbocycles. The summed E-state index contributed by atoms with van der Waals surface area (Å²) in [6.45, 7) is 1.71. The number of hydrogen-bond donors (Lipinski definition) is 1. The minimum absolute atomic E-state index is 0.0211. The van der Waals surface area contributed by atoms with Crippen molar-refractivity contribution in [3.63, 3.8) is 0 Å². The molecule has 8 heteroatoms. The fourth-order valence-electron chi connectivity index (χ4n) is 1.69. The van der Waals surface area contributed by atoms with Crippen LogP contribution in [-0.4, -0.2) is 25.5 Å². The molecular formula is C12H12ClN3O3S. The van der Waals surface area contributed by atoms with Gasteiger partial charge in [0.15, 0.2) is 0 Å². The minimum Gasteiger partial charge on any atom is -0.495 e. The zero-order valence-corrected chi connectivity index (χ0v) is 12.4. The molecule has 0 aliphatic rings. The van der Waals surface area contributed by atoms with Gasteiger partial charge in [-0.3, -0.25) is 0 Å². The number of rotatable bonds is 4. The van der Waals surface area contributed by atoms with Crippen molar-refractivity contribution in [2.75, 3.05) is 11.8 Å². The van der Waals surface area contributed by atoms with Crippen LogP contribution in [0.2, 0.25) is 5.02 Å². The van der Waals surface area contributed by atoms with Gasteiger partial charge in [-0.15, -0.1) is 0 Å². The highest BCUT2D eigenvalue weighted by atomic mass is 35.5. The molecular weight excluding hydrogens is 302 g/mol. The molecule has 106 valence electrons. The Morgan fingerprint density at radius 3 is 2.50 bits per heavy atom. The molecule has 1 aromatic heterocycles. The molecule has 2 aromatic rings. The van der Waals surface area contributed by atoms with Gasteiger partial charge in [0, 0.05) is 17.4 Å². The van der Waals surface area contributed by atoms with Crippen molar-refractivity contribution in [2.24, 2.45) is 0 Å². The molecule has 1 heterocycles. The SMILES string of the molecule is COc1c(C)cc(Cl)cc1S(=O)(=O)Nc1ncccn1. The predicted molar refractivity (Wildman–Crippen MR) is 75.6 cm³/mol. The normalized spacial score (nSPS) is 11.2. The molecule has 0 unspecified atom stereocenters. The maximum Gasteiger partial charge on any atom is 0.267 e. The monoisotopic (exact) mass is 313 g/mol. The van der Waals surface area contributed by atoms with Crippen molar-refractivity contribution in [1.29, 1.82) is 0 Å². The average Bonchev–Trinajstić information content (AvgIpc) is 2.38. The molecule has 2 rings (SSSR count). The topological polar surface area (TPSA) is 81.2 Å². The van der Waals surface area contributed by atoms with Gasteiger partial charge < -0.3 is 4.74 Å². The highest BCUT2D eigenvalue weighted by molar-refractivity contribution is 7.92. The van der Waals surface area contributed by atoms with Gasteiger partial charge in [-0.2, -0.15) is 0 Å². The minimum atomic E-state index is -3.89. The Labute approximate surface area is 121 Å². The van der Waals surface area contributed by atoms with Crippen LogP contribution in [0.25, 0.3) is 0 Å². The number of aromatic nitrogens is 2. The van der Waals surface area contributed by atoms with Gasteiger partial charge in [0.2, 0.25) is 5.95 Å². The van der Waals surface area contributed by atoms with E-state index in [-0.39, 0.29) is 16.6 Å². The maximum absolute atomic E-state index is 12.4. The zero-order chi connectivity index (χ0) is 14.8. The number of hydrogen-bond acceptors (Lipinski definition) is 5. The quantitative estimate of drug-likeness (QED) is 0.936. The molecule has 20 heavy (non-hydrogen) atoms. The van der Waals surface area contributed by atoms with Crippen molar-refractivity contribution in [3.8, 4) is 5.75 Å². The van der Waals surface area contributed by atoms with Crippen LogP contribution in [0.4, 0.5) is 5.95 Å². The lowest BCUT2D eigenvalue weighted by molar-refractivity contribution is 0.399. The van der Waals surface area contributed by atoms with E-state index in [0.717, 1.165) is 0 Å². The second-order valence-corrected chi connectivity index (χ2v) is 6.02. The van der Waals surface area contributed by atoms with Crippen LogP contribution in [-0.2, 0) is 10.0 Å². The largest absolute Gasteiger partial charge is 0.495 e. The molecule has 0 fully saturated rings. The van der Waals surface area contributed by atoms with Gasteiger partial charge in [0.25, 0.3) is 10.0 Å². The molecule has 0 saturated heterocycles. The molecule has 0 saturated carbocycles. The van der Waals surface area contributed by atoms with E-state index >= 15 is 0 Å². The Morgan fingerprint density at radius 1 is 1.25 bits per heavy atom. The Kier molecular flexibility index (Phi) is 4.10. The van der Waals surface area contributed by atoms with Crippen molar-refractivity contribution in [3.05, 3.63) is 41.2 Å². The highest BCUT2D eigenvalue weighted by Crippen LogP contribution is 2.31. The number of sulfonamides is 1. The first kappa shape index (κ1) is 14.5. The van der Waals surface area contributed by atoms with Crippen LogP contribution in [0.1, 0.15) is 5.56 Å². The number of halogens is 1. The summed E-state index contributed by atoms with van der Waals surface area (Å²) in [6.07, 6.45) is 2.87. The number of ether oxygens (including phenoxy) is 1. The van der Waals surface area contributed by atoms with Crippen LogP contribution in [0.5, 0.6) is 5.75 Å². The molecule has 0 amide bonds. The smallest absolute Gasteiger partial charge is 0.267 e. The lowest BCUT2D eigenvalue weighted by atomic mass is 10.2. The molecule has 0 aliphatic carbocycles. The predicted octanol–water partition coefficient (Wildman–Crippen LogP) is 2.25. The number of aryl methyl sites for hydroxylation is 1. The fourth-order valence-corrected chi connectivity index (χ4v) is 3.25. The number of anilines is 1. The summed E-state index contributed by atoms with van der Waals surface area (Å²) in [6, 6.07) is 4.53. The van der Waals surface area contributed by atoms with Crippen molar-refractivity contribution in [2.45, 2.75) is 11.8 Å². The number of benzene rings is 1. The van der Waals surface area contributed by atoms with E-state index in [2.05, 4.69) is 14.7 Å². The number of nitrogens with zero attached hydrogens (tertiary/aromatic N) is 2. The summed E-state index contributed by atoms with van der Waals surface area (Å²) in [5.74, 6) is 0.213. The molecule has 1 N–H and O–H groups in total. The molecule has 0 atom stereocenters. The van der Waals surface area contributed by atoms with E-state index in [1.807, 2.05) is 0 Å². The zero-order valence-electron chi connectivity index (χ0n) is 10.8. The van der Waals surface area contributed by atoms with Crippen LogP contribution < -0.4 is 9.46 Å². The third kappa shape index (κ3) is 3.00. The summed E-state index contributed by atoms with van der Waals surface area (Å²) in [5.41, 5.74) is 0.620. The van der Waals surface area contributed by atoms with Gasteiger partial charge in [-0.25, -0.2) is 23.1 Å². The Morgan fingerprint density at radius 2 is 1.90 bits per heavy atom. The van der Waals surface area contributed by atoms with Gasteiger partial charge in [-0.05, 0) is 30.7 Å². The van der Waals surface area contributed by atoms with Crippen LogP contribution in [0.15, 0.2) is 35.5 Å². The number of nitrogens with one attached hydrogen (secondary N) is 1.